The quantitative estimate of drug-likeness (QED) is 0.637. The molecule has 0 saturated carbocycles. The maximum absolute atomic E-state index is 5.87. The lowest BCUT2D eigenvalue weighted by Crippen LogP contribution is -2.39. The summed E-state index contributed by atoms with van der Waals surface area (Å²) in [5, 5.41) is 0. The molecule has 0 radical (unpaired) electrons. The second-order valence-electron chi connectivity index (χ2n) is 3.78. The number of alkyl halides is 2. The van der Waals surface area contributed by atoms with Gasteiger partial charge in [0.05, 0.1) is 0 Å². The molecule has 0 saturated heterocycles. The minimum Gasteiger partial charge on any atom is -0.305 e. The molecule has 0 spiro atoms. The Kier molecular flexibility index (Phi) is 7.15. The van der Waals surface area contributed by atoms with Crippen molar-refractivity contribution in [1.82, 2.24) is 9.80 Å². The lowest BCUT2D eigenvalue weighted by atomic mass is 10.1. The summed E-state index contributed by atoms with van der Waals surface area (Å²) in [5.41, 5.74) is 0. The molecule has 0 bridgehead atoms. The van der Waals surface area contributed by atoms with Crippen LogP contribution in [0.4, 0.5) is 0 Å². The molecule has 2 atom stereocenters. The Morgan fingerprint density at radius 3 is 1.31 bits per heavy atom. The van der Waals surface area contributed by atoms with E-state index in [4.69, 9.17) is 23.2 Å². The molecule has 0 aromatic rings. The zero-order valence-electron chi connectivity index (χ0n) is 8.93. The molecule has 13 heavy (non-hydrogen) atoms. The van der Waals surface area contributed by atoms with E-state index in [1.165, 1.54) is 0 Å². The van der Waals surface area contributed by atoms with Crippen molar-refractivity contribution in [2.45, 2.75) is 18.5 Å². The van der Waals surface area contributed by atoms with Gasteiger partial charge in [-0.25, -0.2) is 0 Å². The smallest absolute Gasteiger partial charge is 0.0380 e. The summed E-state index contributed by atoms with van der Waals surface area (Å²) in [5.74, 6) is 1.32. The first-order valence-electron chi connectivity index (χ1n) is 4.47. The molecule has 0 amide bonds. The Labute approximate surface area is 91.8 Å². The predicted octanol–water partition coefficient (Wildman–Crippen LogP) is 1.71. The fourth-order valence-electron chi connectivity index (χ4n) is 1.14. The highest BCUT2D eigenvalue weighted by molar-refractivity contribution is 6.18. The molecule has 0 aliphatic rings. The molecule has 0 fully saturated rings. The van der Waals surface area contributed by atoms with E-state index in [9.17, 15) is 0 Å². The molecule has 2 unspecified atom stereocenters. The van der Waals surface area contributed by atoms with Crippen molar-refractivity contribution >= 4 is 23.2 Å². The van der Waals surface area contributed by atoms with Crippen LogP contribution in [0.15, 0.2) is 0 Å². The van der Waals surface area contributed by atoms with Crippen LogP contribution < -0.4 is 0 Å². The van der Waals surface area contributed by atoms with Gasteiger partial charge in [-0.1, -0.05) is 0 Å². The summed E-state index contributed by atoms with van der Waals surface area (Å²) in [7, 11) is 8.20. The van der Waals surface area contributed by atoms with Gasteiger partial charge in [-0.05, 0) is 34.6 Å². The number of rotatable bonds is 6. The number of hydrogen-bond acceptors (Lipinski definition) is 2. The molecular weight excluding hydrogens is 207 g/mol. The molecule has 4 heteroatoms. The van der Waals surface area contributed by atoms with Crippen molar-refractivity contribution in [1.29, 1.82) is 0 Å². The minimum atomic E-state index is 0.410. The SMILES string of the molecule is CN(C)C(CCl)CC(CCl)N(C)C. The van der Waals surface area contributed by atoms with Gasteiger partial charge in [-0.15, -0.1) is 23.2 Å². The summed E-state index contributed by atoms with van der Waals surface area (Å²) in [6, 6.07) is 0.820. The Morgan fingerprint density at radius 2 is 1.15 bits per heavy atom. The maximum Gasteiger partial charge on any atom is 0.0380 e. The van der Waals surface area contributed by atoms with Gasteiger partial charge >= 0.3 is 0 Å². The van der Waals surface area contributed by atoms with Gasteiger partial charge in [-0.2, -0.15) is 0 Å². The third-order valence-corrected chi connectivity index (χ3v) is 3.07. The Bertz CT molecular complexity index is 115. The van der Waals surface area contributed by atoms with Crippen LogP contribution in [0.2, 0.25) is 0 Å². The molecule has 80 valence electrons. The minimum absolute atomic E-state index is 0.410. The van der Waals surface area contributed by atoms with Crippen LogP contribution in [-0.2, 0) is 0 Å². The van der Waals surface area contributed by atoms with E-state index in [1.807, 2.05) is 28.2 Å². The van der Waals surface area contributed by atoms with Crippen molar-refractivity contribution in [2.24, 2.45) is 0 Å². The van der Waals surface area contributed by atoms with E-state index in [0.717, 1.165) is 6.42 Å². The van der Waals surface area contributed by atoms with Gasteiger partial charge in [0.2, 0.25) is 0 Å². The van der Waals surface area contributed by atoms with Crippen LogP contribution in [-0.4, -0.2) is 61.8 Å². The van der Waals surface area contributed by atoms with Crippen molar-refractivity contribution in [2.75, 3.05) is 40.0 Å². The van der Waals surface area contributed by atoms with E-state index >= 15 is 0 Å². The van der Waals surface area contributed by atoms with Crippen LogP contribution in [0.25, 0.3) is 0 Å². The molecule has 0 heterocycles. The van der Waals surface area contributed by atoms with Crippen molar-refractivity contribution < 1.29 is 0 Å². The Morgan fingerprint density at radius 1 is 0.846 bits per heavy atom. The second kappa shape index (κ2) is 6.88. The normalized spacial score (nSPS) is 16.6. The highest BCUT2D eigenvalue weighted by atomic mass is 35.5. The van der Waals surface area contributed by atoms with Gasteiger partial charge in [0.1, 0.15) is 0 Å². The Balaban J connectivity index is 4.03. The van der Waals surface area contributed by atoms with Crippen LogP contribution in [0.1, 0.15) is 6.42 Å². The number of hydrogen-bond donors (Lipinski definition) is 0. The molecule has 0 aromatic carbocycles. The van der Waals surface area contributed by atoms with E-state index < -0.39 is 0 Å². The lowest BCUT2D eigenvalue weighted by molar-refractivity contribution is 0.222. The maximum atomic E-state index is 5.87. The third kappa shape index (κ3) is 5.06. The van der Waals surface area contributed by atoms with Crippen molar-refractivity contribution in [3.8, 4) is 0 Å². The molecule has 0 N–H and O–H groups in total. The molecule has 0 aliphatic heterocycles. The molecule has 0 aliphatic carbocycles. The summed E-state index contributed by atoms with van der Waals surface area (Å²) in [6.07, 6.45) is 1.02. The number of halogens is 2. The van der Waals surface area contributed by atoms with E-state index in [1.54, 1.807) is 0 Å². The summed E-state index contributed by atoms with van der Waals surface area (Å²) < 4.78 is 0. The van der Waals surface area contributed by atoms with Gasteiger partial charge in [0.15, 0.2) is 0 Å². The summed E-state index contributed by atoms with van der Waals surface area (Å²) in [6.45, 7) is 0. The van der Waals surface area contributed by atoms with E-state index in [-0.39, 0.29) is 0 Å². The predicted molar refractivity (Wildman–Crippen MR) is 61.0 cm³/mol. The third-order valence-electron chi connectivity index (χ3n) is 2.36. The highest BCUT2D eigenvalue weighted by Crippen LogP contribution is 2.10. The van der Waals surface area contributed by atoms with Gasteiger partial charge in [0.25, 0.3) is 0 Å². The molecule has 2 nitrogen and oxygen atoms in total. The first-order chi connectivity index (χ1) is 6.02. The van der Waals surface area contributed by atoms with Gasteiger partial charge < -0.3 is 9.80 Å². The van der Waals surface area contributed by atoms with E-state index in [2.05, 4.69) is 9.80 Å². The largest absolute Gasteiger partial charge is 0.305 e. The first-order valence-corrected chi connectivity index (χ1v) is 5.54. The van der Waals surface area contributed by atoms with Gasteiger partial charge in [-0.3, -0.25) is 0 Å². The van der Waals surface area contributed by atoms with Crippen LogP contribution in [0, 0.1) is 0 Å². The van der Waals surface area contributed by atoms with Gasteiger partial charge in [0, 0.05) is 23.8 Å². The molecule has 0 rings (SSSR count). The van der Waals surface area contributed by atoms with Crippen LogP contribution in [0.5, 0.6) is 0 Å². The average Bonchev–Trinajstić information content (AvgIpc) is 2.05. The zero-order chi connectivity index (χ0) is 10.4. The first kappa shape index (κ1) is 13.5. The lowest BCUT2D eigenvalue weighted by Gasteiger charge is -2.29. The fourth-order valence-corrected chi connectivity index (χ4v) is 1.94. The fraction of sp³-hybridized carbons (Fsp3) is 1.00. The number of nitrogens with zero attached hydrogens (tertiary/aromatic N) is 2. The molecule has 0 aromatic heterocycles. The van der Waals surface area contributed by atoms with E-state index in [0.29, 0.717) is 23.8 Å². The zero-order valence-corrected chi connectivity index (χ0v) is 10.4. The molecular formula is C9H20Cl2N2. The Hall–Kier alpha value is 0.500. The topological polar surface area (TPSA) is 6.48 Å². The van der Waals surface area contributed by atoms with Crippen molar-refractivity contribution in [3.63, 3.8) is 0 Å². The monoisotopic (exact) mass is 226 g/mol. The van der Waals surface area contributed by atoms with Crippen LogP contribution >= 0.6 is 23.2 Å². The second-order valence-corrected chi connectivity index (χ2v) is 4.40. The summed E-state index contributed by atoms with van der Waals surface area (Å²) >= 11 is 11.7. The van der Waals surface area contributed by atoms with Crippen molar-refractivity contribution in [3.05, 3.63) is 0 Å². The standard InChI is InChI=1S/C9H20Cl2N2/c1-12(2)8(6-10)5-9(7-11)13(3)4/h8-9H,5-7H2,1-4H3. The van der Waals surface area contributed by atoms with Crippen LogP contribution in [0.3, 0.4) is 0 Å². The average molecular weight is 227 g/mol. The highest BCUT2D eigenvalue weighted by Gasteiger charge is 2.18. The summed E-state index contributed by atoms with van der Waals surface area (Å²) in [4.78, 5) is 4.30.